The van der Waals surface area contributed by atoms with Crippen LogP contribution in [0.1, 0.15) is 5.56 Å². The summed E-state index contributed by atoms with van der Waals surface area (Å²) in [4.78, 5) is 8.87. The van der Waals surface area contributed by atoms with Gasteiger partial charge in [0.05, 0.1) is 42.2 Å². The van der Waals surface area contributed by atoms with Gasteiger partial charge in [-0.05, 0) is 42.0 Å². The molecular formula is C23H24N6O2. The molecule has 5 rings (SSSR count). The maximum absolute atomic E-state index is 5.74. The van der Waals surface area contributed by atoms with Gasteiger partial charge in [-0.25, -0.2) is 9.97 Å². The monoisotopic (exact) mass is 416 g/mol. The molecule has 2 aromatic heterocycles. The second kappa shape index (κ2) is 8.16. The first kappa shape index (κ1) is 19.2. The number of fused-ring (bicyclic) bond motifs is 1. The Bertz CT molecular complexity index is 1180. The Balaban J connectivity index is 1.23. The Morgan fingerprint density at radius 3 is 2.68 bits per heavy atom. The van der Waals surface area contributed by atoms with Crippen LogP contribution in [0.2, 0.25) is 0 Å². The van der Waals surface area contributed by atoms with Crippen LogP contribution in [0.25, 0.3) is 11.0 Å². The summed E-state index contributed by atoms with van der Waals surface area (Å²) < 4.78 is 13.0. The highest BCUT2D eigenvalue weighted by Gasteiger charge is 2.18. The number of anilines is 3. The Labute approximate surface area is 180 Å². The third-order valence-corrected chi connectivity index (χ3v) is 5.25. The SMILES string of the molecule is Cn1c(NCc2ccc(Oc3ccc(N)cn3)cc2)nc2ccc(NC3COC3)cc21. The number of hydrogen-bond donors (Lipinski definition) is 3. The highest BCUT2D eigenvalue weighted by atomic mass is 16.5. The number of aryl methyl sites for hydroxylation is 1. The summed E-state index contributed by atoms with van der Waals surface area (Å²) >= 11 is 0. The predicted molar refractivity (Wildman–Crippen MR) is 121 cm³/mol. The van der Waals surface area contributed by atoms with Crippen molar-refractivity contribution in [3.05, 3.63) is 66.4 Å². The van der Waals surface area contributed by atoms with Crippen molar-refractivity contribution in [2.24, 2.45) is 7.05 Å². The molecule has 0 saturated carbocycles. The third-order valence-electron chi connectivity index (χ3n) is 5.25. The standard InChI is InChI=1S/C23H24N6O2/c1-29-21-10-17(27-18-13-30-14-18)5-8-20(21)28-23(29)26-11-15-2-6-19(7-3-15)31-22-9-4-16(24)12-25-22/h2-10,12,18,27H,11,13-14,24H2,1H3,(H,26,28). The second-order valence-electron chi connectivity index (χ2n) is 7.61. The molecule has 31 heavy (non-hydrogen) atoms. The summed E-state index contributed by atoms with van der Waals surface area (Å²) in [6, 6.07) is 18.0. The van der Waals surface area contributed by atoms with E-state index < -0.39 is 0 Å². The van der Waals surface area contributed by atoms with Gasteiger partial charge in [-0.2, -0.15) is 0 Å². The molecule has 0 atom stereocenters. The Morgan fingerprint density at radius 2 is 1.97 bits per heavy atom. The number of nitrogens with one attached hydrogen (secondary N) is 2. The van der Waals surface area contributed by atoms with Crippen LogP contribution in [0.5, 0.6) is 11.6 Å². The summed E-state index contributed by atoms with van der Waals surface area (Å²) in [6.45, 7) is 2.18. The van der Waals surface area contributed by atoms with E-state index in [0.29, 0.717) is 24.2 Å². The van der Waals surface area contributed by atoms with Gasteiger partial charge in [0.15, 0.2) is 0 Å². The predicted octanol–water partition coefficient (Wildman–Crippen LogP) is 3.77. The van der Waals surface area contributed by atoms with Crippen molar-refractivity contribution in [3.63, 3.8) is 0 Å². The number of benzene rings is 2. The Morgan fingerprint density at radius 1 is 1.13 bits per heavy atom. The van der Waals surface area contributed by atoms with E-state index in [4.69, 9.17) is 20.2 Å². The van der Waals surface area contributed by atoms with Crippen molar-refractivity contribution >= 4 is 28.4 Å². The van der Waals surface area contributed by atoms with Crippen LogP contribution in [-0.2, 0) is 18.3 Å². The fraction of sp³-hybridized carbons (Fsp3) is 0.217. The van der Waals surface area contributed by atoms with Crippen LogP contribution in [0.4, 0.5) is 17.3 Å². The lowest BCUT2D eigenvalue weighted by Crippen LogP contribution is -2.40. The highest BCUT2D eigenvalue weighted by Crippen LogP contribution is 2.24. The smallest absolute Gasteiger partial charge is 0.219 e. The summed E-state index contributed by atoms with van der Waals surface area (Å²) in [6.07, 6.45) is 1.57. The average molecular weight is 416 g/mol. The quantitative estimate of drug-likeness (QED) is 0.422. The molecule has 2 aromatic carbocycles. The molecule has 4 N–H and O–H groups in total. The number of hydrogen-bond acceptors (Lipinski definition) is 7. The molecule has 8 nitrogen and oxygen atoms in total. The number of rotatable bonds is 7. The molecule has 8 heteroatoms. The number of imidazole rings is 1. The van der Waals surface area contributed by atoms with Gasteiger partial charge in [-0.3, -0.25) is 0 Å². The van der Waals surface area contributed by atoms with E-state index in [1.54, 1.807) is 18.3 Å². The third kappa shape index (κ3) is 4.24. The number of ether oxygens (including phenoxy) is 2. The first-order valence-corrected chi connectivity index (χ1v) is 10.2. The zero-order valence-electron chi connectivity index (χ0n) is 17.2. The topological polar surface area (TPSA) is 99.2 Å². The molecule has 1 saturated heterocycles. The normalized spacial score (nSPS) is 13.7. The minimum absolute atomic E-state index is 0.394. The van der Waals surface area contributed by atoms with Crippen LogP contribution in [0.15, 0.2) is 60.8 Å². The largest absolute Gasteiger partial charge is 0.439 e. The molecule has 0 spiro atoms. The van der Waals surface area contributed by atoms with Crippen LogP contribution in [-0.4, -0.2) is 33.8 Å². The second-order valence-corrected chi connectivity index (χ2v) is 7.61. The van der Waals surface area contributed by atoms with Gasteiger partial charge in [0.1, 0.15) is 5.75 Å². The number of nitrogens with two attached hydrogens (primary N) is 1. The van der Waals surface area contributed by atoms with Crippen molar-refractivity contribution in [2.45, 2.75) is 12.6 Å². The molecule has 1 aliphatic rings. The molecule has 158 valence electrons. The van der Waals surface area contributed by atoms with Gasteiger partial charge in [-0.15, -0.1) is 0 Å². The van der Waals surface area contributed by atoms with Crippen LogP contribution in [0, 0.1) is 0 Å². The fourth-order valence-electron chi connectivity index (χ4n) is 3.42. The molecule has 0 amide bonds. The lowest BCUT2D eigenvalue weighted by molar-refractivity contribution is 0.0211. The lowest BCUT2D eigenvalue weighted by Gasteiger charge is -2.27. The molecule has 1 fully saturated rings. The first-order chi connectivity index (χ1) is 15.1. The molecule has 0 unspecified atom stereocenters. The molecular weight excluding hydrogens is 392 g/mol. The van der Waals surface area contributed by atoms with Crippen LogP contribution < -0.4 is 21.1 Å². The summed E-state index contributed by atoms with van der Waals surface area (Å²) in [5, 5.41) is 6.90. The Kier molecular flexibility index (Phi) is 5.05. The zero-order valence-corrected chi connectivity index (χ0v) is 17.2. The van der Waals surface area contributed by atoms with Gasteiger partial charge in [0.25, 0.3) is 0 Å². The zero-order chi connectivity index (χ0) is 21.2. The van der Waals surface area contributed by atoms with Crippen LogP contribution >= 0.6 is 0 Å². The van der Waals surface area contributed by atoms with Crippen molar-refractivity contribution in [1.29, 1.82) is 0 Å². The lowest BCUT2D eigenvalue weighted by atomic mass is 10.2. The molecule has 1 aliphatic heterocycles. The molecule has 3 heterocycles. The number of nitrogen functional groups attached to an aromatic ring is 1. The Hall–Kier alpha value is -3.78. The molecule has 0 aliphatic carbocycles. The van der Waals surface area contributed by atoms with Crippen LogP contribution in [0.3, 0.4) is 0 Å². The number of aromatic nitrogens is 3. The van der Waals surface area contributed by atoms with Gasteiger partial charge in [0, 0.05) is 25.3 Å². The molecule has 0 bridgehead atoms. The summed E-state index contributed by atoms with van der Waals surface area (Å²) in [5.41, 5.74) is 10.5. The van der Waals surface area contributed by atoms with Gasteiger partial charge in [-0.1, -0.05) is 12.1 Å². The fourth-order valence-corrected chi connectivity index (χ4v) is 3.42. The van der Waals surface area contributed by atoms with Gasteiger partial charge in [0.2, 0.25) is 11.8 Å². The summed E-state index contributed by atoms with van der Waals surface area (Å²) in [7, 11) is 2.02. The molecule has 0 radical (unpaired) electrons. The summed E-state index contributed by atoms with van der Waals surface area (Å²) in [5.74, 6) is 2.06. The number of nitrogens with zero attached hydrogens (tertiary/aromatic N) is 3. The van der Waals surface area contributed by atoms with Crippen molar-refractivity contribution in [3.8, 4) is 11.6 Å². The minimum atomic E-state index is 0.394. The first-order valence-electron chi connectivity index (χ1n) is 10.2. The van der Waals surface area contributed by atoms with E-state index >= 15 is 0 Å². The van der Waals surface area contributed by atoms with E-state index in [1.165, 1.54) is 0 Å². The maximum Gasteiger partial charge on any atom is 0.219 e. The van der Waals surface area contributed by atoms with Crippen molar-refractivity contribution < 1.29 is 9.47 Å². The van der Waals surface area contributed by atoms with Crippen molar-refractivity contribution in [1.82, 2.24) is 14.5 Å². The van der Waals surface area contributed by atoms with E-state index in [-0.39, 0.29) is 0 Å². The van der Waals surface area contributed by atoms with Crippen molar-refractivity contribution in [2.75, 3.05) is 29.6 Å². The minimum Gasteiger partial charge on any atom is -0.439 e. The number of pyridine rings is 1. The van der Waals surface area contributed by atoms with Gasteiger partial charge < -0.3 is 30.4 Å². The maximum atomic E-state index is 5.74. The van der Waals surface area contributed by atoms with E-state index in [0.717, 1.165) is 47.2 Å². The van der Waals surface area contributed by atoms with Gasteiger partial charge >= 0.3 is 0 Å². The molecule has 4 aromatic rings. The van der Waals surface area contributed by atoms with E-state index in [1.807, 2.05) is 37.4 Å². The van der Waals surface area contributed by atoms with E-state index in [2.05, 4.69) is 32.3 Å². The highest BCUT2D eigenvalue weighted by molar-refractivity contribution is 5.82. The van der Waals surface area contributed by atoms with E-state index in [9.17, 15) is 0 Å². The average Bonchev–Trinajstić information content (AvgIpc) is 3.07.